The topological polar surface area (TPSA) is 24.1 Å². The summed E-state index contributed by atoms with van der Waals surface area (Å²) in [6.45, 7) is 0.785. The third kappa shape index (κ3) is 5.79. The van der Waals surface area contributed by atoms with Gasteiger partial charge in [-0.25, -0.2) is 0 Å². The van der Waals surface area contributed by atoms with Crippen molar-refractivity contribution in [1.29, 1.82) is 0 Å². The average molecular weight is 135 g/mol. The fourth-order valence-corrected chi connectivity index (χ4v) is 0.378. The SMILES string of the molecule is CNCNC=CCCl. The van der Waals surface area contributed by atoms with Gasteiger partial charge in [0.05, 0.1) is 6.67 Å². The maximum Gasteiger partial charge on any atom is 0.0645 e. The number of alkyl halides is 1. The summed E-state index contributed by atoms with van der Waals surface area (Å²) >= 11 is 5.33. The molecule has 0 bridgehead atoms. The predicted molar refractivity (Wildman–Crippen MR) is 36.9 cm³/mol. The highest BCUT2D eigenvalue weighted by atomic mass is 35.5. The first-order chi connectivity index (χ1) is 3.91. The predicted octanol–water partition coefficient (Wildman–Crippen LogP) is 0.505. The second-order valence-corrected chi connectivity index (χ2v) is 1.60. The van der Waals surface area contributed by atoms with E-state index in [9.17, 15) is 0 Å². The van der Waals surface area contributed by atoms with Gasteiger partial charge in [0.1, 0.15) is 0 Å². The second-order valence-electron chi connectivity index (χ2n) is 1.29. The standard InChI is InChI=1S/C5H11ClN2/c1-7-5-8-4-2-3-6/h2,4,7-8H,3,5H2,1H3. The number of rotatable bonds is 4. The maximum atomic E-state index is 5.33. The van der Waals surface area contributed by atoms with Crippen LogP contribution in [0.5, 0.6) is 0 Å². The van der Waals surface area contributed by atoms with Crippen molar-refractivity contribution in [3.05, 3.63) is 12.3 Å². The summed E-state index contributed by atoms with van der Waals surface area (Å²) in [7, 11) is 1.88. The molecule has 0 radical (unpaired) electrons. The quantitative estimate of drug-likeness (QED) is 0.333. The van der Waals surface area contributed by atoms with E-state index in [2.05, 4.69) is 10.6 Å². The molecule has 0 unspecified atom stereocenters. The second kappa shape index (κ2) is 6.79. The normalized spacial score (nSPS) is 10.2. The third-order valence-corrected chi connectivity index (χ3v) is 0.782. The van der Waals surface area contributed by atoms with Gasteiger partial charge in [0.15, 0.2) is 0 Å². The monoisotopic (exact) mass is 134 g/mol. The summed E-state index contributed by atoms with van der Waals surface area (Å²) in [5.74, 6) is 0.566. The van der Waals surface area contributed by atoms with Crippen LogP contribution in [-0.2, 0) is 0 Å². The van der Waals surface area contributed by atoms with Crippen LogP contribution < -0.4 is 10.6 Å². The highest BCUT2D eigenvalue weighted by molar-refractivity contribution is 6.18. The minimum atomic E-state index is 0.566. The summed E-state index contributed by atoms with van der Waals surface area (Å²) in [5, 5.41) is 5.88. The molecular formula is C5H11ClN2. The van der Waals surface area contributed by atoms with Crippen LogP contribution in [0, 0.1) is 0 Å². The molecule has 8 heavy (non-hydrogen) atoms. The van der Waals surface area contributed by atoms with Crippen molar-refractivity contribution in [2.45, 2.75) is 0 Å². The average Bonchev–Trinajstić information content (AvgIpc) is 1.81. The molecule has 0 atom stereocenters. The van der Waals surface area contributed by atoms with Gasteiger partial charge in [0.2, 0.25) is 0 Å². The summed E-state index contributed by atoms with van der Waals surface area (Å²) in [6, 6.07) is 0. The van der Waals surface area contributed by atoms with Crippen LogP contribution in [-0.4, -0.2) is 19.6 Å². The van der Waals surface area contributed by atoms with Crippen LogP contribution in [0.1, 0.15) is 0 Å². The number of allylic oxidation sites excluding steroid dienone is 1. The van der Waals surface area contributed by atoms with Crippen LogP contribution in [0.15, 0.2) is 12.3 Å². The van der Waals surface area contributed by atoms with Crippen molar-refractivity contribution in [2.24, 2.45) is 0 Å². The van der Waals surface area contributed by atoms with E-state index in [0.29, 0.717) is 5.88 Å². The Labute approximate surface area is 54.9 Å². The molecule has 0 spiro atoms. The van der Waals surface area contributed by atoms with E-state index in [1.165, 1.54) is 0 Å². The van der Waals surface area contributed by atoms with Gasteiger partial charge in [-0.2, -0.15) is 0 Å². The fraction of sp³-hybridized carbons (Fsp3) is 0.600. The molecule has 0 heterocycles. The Morgan fingerprint density at radius 2 is 2.38 bits per heavy atom. The van der Waals surface area contributed by atoms with Gasteiger partial charge in [-0.05, 0) is 13.2 Å². The van der Waals surface area contributed by atoms with Gasteiger partial charge in [-0.15, -0.1) is 11.6 Å². The lowest BCUT2D eigenvalue weighted by Gasteiger charge is -1.94. The number of nitrogens with one attached hydrogen (secondary N) is 2. The van der Waals surface area contributed by atoms with E-state index >= 15 is 0 Å². The summed E-state index contributed by atoms with van der Waals surface area (Å²) in [5.41, 5.74) is 0. The van der Waals surface area contributed by atoms with Crippen LogP contribution in [0.2, 0.25) is 0 Å². The zero-order chi connectivity index (χ0) is 6.24. The molecule has 0 amide bonds. The van der Waals surface area contributed by atoms with Crippen LogP contribution >= 0.6 is 11.6 Å². The fourth-order valence-electron chi connectivity index (χ4n) is 0.289. The molecule has 0 aliphatic heterocycles. The molecule has 0 aromatic heterocycles. The van der Waals surface area contributed by atoms with Crippen molar-refractivity contribution in [1.82, 2.24) is 10.6 Å². The van der Waals surface area contributed by atoms with Gasteiger partial charge in [0.25, 0.3) is 0 Å². The summed E-state index contributed by atoms with van der Waals surface area (Å²) < 4.78 is 0. The van der Waals surface area contributed by atoms with E-state index in [1.807, 2.05) is 19.3 Å². The lowest BCUT2D eigenvalue weighted by Crippen LogP contribution is -2.20. The smallest absolute Gasteiger partial charge is 0.0645 e. The van der Waals surface area contributed by atoms with E-state index in [1.54, 1.807) is 0 Å². The molecule has 48 valence electrons. The molecule has 0 saturated carbocycles. The molecule has 0 aromatic rings. The van der Waals surface area contributed by atoms with Gasteiger partial charge in [-0.3, -0.25) is 0 Å². The van der Waals surface area contributed by atoms with Crippen molar-refractivity contribution in [3.8, 4) is 0 Å². The Balaban J connectivity index is 2.80. The highest BCUT2D eigenvalue weighted by Crippen LogP contribution is 1.72. The third-order valence-electron chi connectivity index (χ3n) is 0.604. The molecule has 0 aliphatic carbocycles. The summed E-state index contributed by atoms with van der Waals surface area (Å²) in [4.78, 5) is 0. The van der Waals surface area contributed by atoms with Gasteiger partial charge in [-0.1, -0.05) is 6.08 Å². The minimum absolute atomic E-state index is 0.566. The minimum Gasteiger partial charge on any atom is -0.379 e. The van der Waals surface area contributed by atoms with Crippen LogP contribution in [0.4, 0.5) is 0 Å². The number of hydrogen-bond acceptors (Lipinski definition) is 2. The maximum absolute atomic E-state index is 5.33. The van der Waals surface area contributed by atoms with E-state index < -0.39 is 0 Å². The largest absolute Gasteiger partial charge is 0.379 e. The summed E-state index contributed by atoms with van der Waals surface area (Å²) in [6.07, 6.45) is 3.67. The molecule has 0 saturated heterocycles. The van der Waals surface area contributed by atoms with E-state index in [-0.39, 0.29) is 0 Å². The highest BCUT2D eigenvalue weighted by Gasteiger charge is 1.68. The van der Waals surface area contributed by atoms with Crippen molar-refractivity contribution < 1.29 is 0 Å². The Kier molecular flexibility index (Phi) is 6.61. The molecule has 0 aliphatic rings. The lowest BCUT2D eigenvalue weighted by atomic mass is 10.7. The van der Waals surface area contributed by atoms with E-state index in [0.717, 1.165) is 6.67 Å². The van der Waals surface area contributed by atoms with Crippen molar-refractivity contribution >= 4 is 11.6 Å². The first-order valence-corrected chi connectivity index (χ1v) is 3.04. The Morgan fingerprint density at radius 1 is 1.62 bits per heavy atom. The van der Waals surface area contributed by atoms with Gasteiger partial charge in [0, 0.05) is 5.88 Å². The number of halogens is 1. The molecular weight excluding hydrogens is 124 g/mol. The Bertz CT molecular complexity index is 63.4. The zero-order valence-corrected chi connectivity index (χ0v) is 5.70. The number of hydrogen-bond donors (Lipinski definition) is 2. The zero-order valence-electron chi connectivity index (χ0n) is 4.95. The Hall–Kier alpha value is -0.210. The van der Waals surface area contributed by atoms with Crippen molar-refractivity contribution in [3.63, 3.8) is 0 Å². The molecule has 0 fully saturated rings. The van der Waals surface area contributed by atoms with Gasteiger partial charge >= 0.3 is 0 Å². The molecule has 2 N–H and O–H groups in total. The Morgan fingerprint density at radius 3 is 2.88 bits per heavy atom. The van der Waals surface area contributed by atoms with Crippen LogP contribution in [0.3, 0.4) is 0 Å². The van der Waals surface area contributed by atoms with Crippen LogP contribution in [0.25, 0.3) is 0 Å². The lowest BCUT2D eigenvalue weighted by molar-refractivity contribution is 0.736. The molecule has 0 aromatic carbocycles. The van der Waals surface area contributed by atoms with Crippen molar-refractivity contribution in [2.75, 3.05) is 19.6 Å². The molecule has 3 heteroatoms. The van der Waals surface area contributed by atoms with Gasteiger partial charge < -0.3 is 10.6 Å². The first-order valence-electron chi connectivity index (χ1n) is 2.50. The molecule has 0 rings (SSSR count). The molecule has 2 nitrogen and oxygen atoms in total. The first kappa shape index (κ1) is 7.79. The van der Waals surface area contributed by atoms with E-state index in [4.69, 9.17) is 11.6 Å².